The Morgan fingerprint density at radius 1 is 1.36 bits per heavy atom. The van der Waals surface area contributed by atoms with Crippen molar-refractivity contribution >= 4 is 28.6 Å². The van der Waals surface area contributed by atoms with E-state index >= 15 is 0 Å². The zero-order valence-electron chi connectivity index (χ0n) is 12.4. The van der Waals surface area contributed by atoms with Crippen molar-refractivity contribution < 1.29 is 19.5 Å². The summed E-state index contributed by atoms with van der Waals surface area (Å²) >= 11 is 0. The summed E-state index contributed by atoms with van der Waals surface area (Å²) in [7, 11) is 1.94. The van der Waals surface area contributed by atoms with Crippen molar-refractivity contribution in [3.8, 4) is 0 Å². The monoisotopic (exact) mass is 300 g/mol. The molecule has 3 rings (SSSR count). The Labute approximate surface area is 127 Å². The maximum absolute atomic E-state index is 10.9. The highest BCUT2D eigenvalue weighted by Crippen LogP contribution is 2.33. The molecule has 0 amide bonds. The van der Waals surface area contributed by atoms with Gasteiger partial charge in [-0.2, -0.15) is 0 Å². The van der Waals surface area contributed by atoms with Crippen LogP contribution in [0.5, 0.6) is 0 Å². The Morgan fingerprint density at radius 3 is 2.82 bits per heavy atom. The highest BCUT2D eigenvalue weighted by molar-refractivity contribution is 6.09. The molecule has 6 heteroatoms. The van der Waals surface area contributed by atoms with Crippen molar-refractivity contribution in [1.82, 2.24) is 4.57 Å². The third kappa shape index (κ3) is 2.36. The molecule has 1 aromatic carbocycles. The molecule has 0 saturated heterocycles. The van der Waals surface area contributed by atoms with Gasteiger partial charge in [-0.3, -0.25) is 4.79 Å². The Hall–Kier alpha value is -2.63. The van der Waals surface area contributed by atoms with Crippen molar-refractivity contribution in [3.05, 3.63) is 35.0 Å². The molecule has 0 unspecified atom stereocenters. The van der Waals surface area contributed by atoms with E-state index < -0.39 is 11.9 Å². The minimum Gasteiger partial charge on any atom is -0.481 e. The van der Waals surface area contributed by atoms with E-state index in [9.17, 15) is 9.59 Å². The summed E-state index contributed by atoms with van der Waals surface area (Å²) in [5.74, 6) is -1.28. The molecular formula is C16H16N2O4. The number of carbonyl (C=O) groups is 2. The van der Waals surface area contributed by atoms with Crippen molar-refractivity contribution in [2.45, 2.75) is 26.2 Å². The molecule has 1 heterocycles. The van der Waals surface area contributed by atoms with Gasteiger partial charge in [-0.25, -0.2) is 4.79 Å². The third-order valence-electron chi connectivity index (χ3n) is 3.89. The first-order valence-corrected chi connectivity index (χ1v) is 7.04. The number of aromatic nitrogens is 1. The number of hydrogen-bond donors (Lipinski definition) is 1. The van der Waals surface area contributed by atoms with Crippen LogP contribution >= 0.6 is 0 Å². The topological polar surface area (TPSA) is 80.9 Å². The van der Waals surface area contributed by atoms with Crippen LogP contribution in [0.1, 0.15) is 30.2 Å². The molecule has 2 aromatic rings. The second kappa shape index (κ2) is 5.29. The maximum atomic E-state index is 10.9. The van der Waals surface area contributed by atoms with E-state index in [2.05, 4.69) is 5.16 Å². The van der Waals surface area contributed by atoms with Crippen LogP contribution in [0.2, 0.25) is 0 Å². The van der Waals surface area contributed by atoms with Gasteiger partial charge in [-0.05, 0) is 36.1 Å². The molecule has 0 radical (unpaired) electrons. The van der Waals surface area contributed by atoms with E-state index in [0.717, 1.165) is 39.9 Å². The smallest absolute Gasteiger partial charge is 0.331 e. The number of benzene rings is 1. The van der Waals surface area contributed by atoms with E-state index in [1.54, 1.807) is 0 Å². The molecule has 0 aliphatic heterocycles. The van der Waals surface area contributed by atoms with Crippen LogP contribution in [0.4, 0.5) is 0 Å². The number of carbonyl (C=O) groups excluding carboxylic acids is 1. The lowest BCUT2D eigenvalue weighted by molar-refractivity contribution is -0.141. The number of fused-ring (bicyclic) bond motifs is 3. The second-order valence-corrected chi connectivity index (χ2v) is 5.43. The summed E-state index contributed by atoms with van der Waals surface area (Å²) in [4.78, 5) is 26.6. The molecule has 114 valence electrons. The van der Waals surface area contributed by atoms with Crippen LogP contribution < -0.4 is 0 Å². The highest BCUT2D eigenvalue weighted by Gasteiger charge is 2.26. The van der Waals surface area contributed by atoms with Crippen LogP contribution in [-0.4, -0.2) is 27.3 Å². The number of hydrogen-bond acceptors (Lipinski definition) is 4. The predicted octanol–water partition coefficient (Wildman–Crippen LogP) is 2.02. The minimum absolute atomic E-state index is 0.00794. The van der Waals surface area contributed by atoms with Gasteiger partial charge in [0.2, 0.25) is 0 Å². The number of oxime groups is 1. The van der Waals surface area contributed by atoms with E-state index in [1.165, 1.54) is 6.92 Å². The van der Waals surface area contributed by atoms with Crippen LogP contribution in [0, 0.1) is 0 Å². The molecule has 1 aromatic heterocycles. The number of rotatable bonds is 3. The molecule has 0 spiro atoms. The van der Waals surface area contributed by atoms with Gasteiger partial charge in [-0.15, -0.1) is 0 Å². The lowest BCUT2D eigenvalue weighted by Crippen LogP contribution is -2.05. The number of carboxylic acid groups (broad SMARTS) is 1. The summed E-state index contributed by atoms with van der Waals surface area (Å²) in [6.07, 6.45) is 1.53. The minimum atomic E-state index is -0.843. The van der Waals surface area contributed by atoms with Gasteiger partial charge in [0.1, 0.15) is 5.71 Å². The van der Waals surface area contributed by atoms with Gasteiger partial charge >= 0.3 is 11.9 Å². The molecule has 0 atom stereocenters. The zero-order chi connectivity index (χ0) is 15.9. The Bertz CT molecular complexity index is 817. The van der Waals surface area contributed by atoms with Gasteiger partial charge in [0.25, 0.3) is 0 Å². The number of carboxylic acids is 1. The summed E-state index contributed by atoms with van der Waals surface area (Å²) < 4.78 is 2.02. The molecule has 6 nitrogen and oxygen atoms in total. The molecule has 1 aliphatic rings. The Morgan fingerprint density at radius 2 is 2.14 bits per heavy atom. The Balaban J connectivity index is 2.10. The van der Waals surface area contributed by atoms with E-state index in [1.807, 2.05) is 29.8 Å². The summed E-state index contributed by atoms with van der Waals surface area (Å²) in [6, 6.07) is 5.68. The van der Waals surface area contributed by atoms with Gasteiger partial charge in [-0.1, -0.05) is 11.2 Å². The molecule has 1 N–H and O–H groups in total. The molecule has 0 saturated carbocycles. The van der Waals surface area contributed by atoms with E-state index in [4.69, 9.17) is 9.94 Å². The van der Waals surface area contributed by atoms with Crippen molar-refractivity contribution in [3.63, 3.8) is 0 Å². The first kappa shape index (κ1) is 14.3. The normalized spacial score (nSPS) is 15.3. The number of aliphatic carboxylic acids is 1. The number of nitrogens with zero attached hydrogens (tertiary/aromatic N) is 2. The van der Waals surface area contributed by atoms with Gasteiger partial charge in [0.05, 0.1) is 12.1 Å². The van der Waals surface area contributed by atoms with E-state index in [-0.39, 0.29) is 6.42 Å². The maximum Gasteiger partial charge on any atom is 0.331 e. The zero-order valence-corrected chi connectivity index (χ0v) is 12.4. The van der Waals surface area contributed by atoms with Gasteiger partial charge < -0.3 is 14.5 Å². The highest BCUT2D eigenvalue weighted by atomic mass is 16.7. The predicted molar refractivity (Wildman–Crippen MR) is 80.9 cm³/mol. The summed E-state index contributed by atoms with van der Waals surface area (Å²) in [5, 5.41) is 13.9. The fourth-order valence-electron chi connectivity index (χ4n) is 3.04. The van der Waals surface area contributed by atoms with Gasteiger partial charge in [0.15, 0.2) is 0 Å². The number of aryl methyl sites for hydroxylation is 2. The molecule has 22 heavy (non-hydrogen) atoms. The van der Waals surface area contributed by atoms with Crippen LogP contribution in [0.15, 0.2) is 23.4 Å². The second-order valence-electron chi connectivity index (χ2n) is 5.43. The fourth-order valence-corrected chi connectivity index (χ4v) is 3.04. The first-order chi connectivity index (χ1) is 10.5. The van der Waals surface area contributed by atoms with Crippen molar-refractivity contribution in [1.29, 1.82) is 0 Å². The largest absolute Gasteiger partial charge is 0.481 e. The molecule has 0 fully saturated rings. The van der Waals surface area contributed by atoms with Crippen LogP contribution in [0.3, 0.4) is 0 Å². The summed E-state index contributed by atoms with van der Waals surface area (Å²) in [6.45, 7) is 1.32. The molecular weight excluding hydrogens is 284 g/mol. The van der Waals surface area contributed by atoms with Crippen LogP contribution in [-0.2, 0) is 34.3 Å². The van der Waals surface area contributed by atoms with Gasteiger partial charge in [0, 0.05) is 24.9 Å². The Kier molecular flexibility index (Phi) is 3.44. The standard InChI is InChI=1S/C16H16N2O4/c1-9(19)22-17-13-5-4-11-12-7-10(8-15(20)21)3-6-14(12)18(2)16(11)13/h3,6-7H,4-5,8H2,1-2H3,(H,20,21)/b17-13+. The van der Waals surface area contributed by atoms with E-state index in [0.29, 0.717) is 6.42 Å². The SMILES string of the molecule is CC(=O)O/N=C1\CCc2c1n(C)c1ccc(CC(=O)O)cc21. The average molecular weight is 300 g/mol. The third-order valence-corrected chi connectivity index (χ3v) is 3.89. The van der Waals surface area contributed by atoms with Crippen molar-refractivity contribution in [2.75, 3.05) is 0 Å². The first-order valence-electron chi connectivity index (χ1n) is 7.04. The lowest BCUT2D eigenvalue weighted by atomic mass is 10.1. The molecule has 0 bridgehead atoms. The van der Waals surface area contributed by atoms with Crippen molar-refractivity contribution in [2.24, 2.45) is 12.2 Å². The summed E-state index contributed by atoms with van der Waals surface area (Å²) in [5.41, 5.74) is 4.65. The average Bonchev–Trinajstić information content (AvgIpc) is 2.97. The molecule has 1 aliphatic carbocycles. The quantitative estimate of drug-likeness (QED) is 0.694. The van der Waals surface area contributed by atoms with Crippen LogP contribution in [0.25, 0.3) is 10.9 Å². The fraction of sp³-hybridized carbons (Fsp3) is 0.312. The lowest BCUT2D eigenvalue weighted by Gasteiger charge is -2.04.